The highest BCUT2D eigenvalue weighted by Crippen LogP contribution is 2.43. The van der Waals surface area contributed by atoms with Crippen molar-refractivity contribution in [2.24, 2.45) is 0 Å². The van der Waals surface area contributed by atoms with Crippen LogP contribution in [0.2, 0.25) is 0 Å². The van der Waals surface area contributed by atoms with Crippen LogP contribution >= 0.6 is 38.5 Å². The van der Waals surface area contributed by atoms with Gasteiger partial charge in [0.2, 0.25) is 8.38 Å². The lowest BCUT2D eigenvalue weighted by molar-refractivity contribution is -0.00927. The van der Waals surface area contributed by atoms with E-state index in [1.54, 1.807) is 16.0 Å². The van der Waals surface area contributed by atoms with E-state index < -0.39 is 8.38 Å². The zero-order valence-corrected chi connectivity index (χ0v) is 22.7. The summed E-state index contributed by atoms with van der Waals surface area (Å²) in [7, 11) is 1.78. The molecular formula is C21H30FINO6PS. The lowest BCUT2D eigenvalue weighted by Gasteiger charge is -2.19. The number of carbonyl (C=O) groups is 1. The number of carbonyl (C=O) groups excluding carboxylic acids is 1. The second kappa shape index (κ2) is 14.6. The van der Waals surface area contributed by atoms with E-state index in [2.05, 4.69) is 37.3 Å². The van der Waals surface area contributed by atoms with Gasteiger partial charge in [-0.25, -0.2) is 4.79 Å². The second-order valence-electron chi connectivity index (χ2n) is 7.03. The van der Waals surface area contributed by atoms with E-state index in [0.29, 0.717) is 50.2 Å². The normalized spacial score (nSPS) is 14.3. The summed E-state index contributed by atoms with van der Waals surface area (Å²) in [5.74, 6) is 1.71. The monoisotopic (exact) mass is 601 g/mol. The highest BCUT2D eigenvalue weighted by molar-refractivity contribution is 14.2. The number of allylic oxidation sites excluding steroid dienone is 1. The number of nitrogens with one attached hydrogen (secondary N) is 1. The van der Waals surface area contributed by atoms with Crippen molar-refractivity contribution in [1.29, 1.82) is 0 Å². The number of rotatable bonds is 15. The Morgan fingerprint density at radius 1 is 1.41 bits per heavy atom. The fourth-order valence-corrected chi connectivity index (χ4v) is 4.96. The van der Waals surface area contributed by atoms with Crippen molar-refractivity contribution in [2.75, 3.05) is 45.3 Å². The van der Waals surface area contributed by atoms with Crippen molar-refractivity contribution < 1.29 is 32.8 Å². The van der Waals surface area contributed by atoms with Crippen LogP contribution < -0.4 is 14.8 Å². The highest BCUT2D eigenvalue weighted by Gasteiger charge is 2.33. The van der Waals surface area contributed by atoms with Gasteiger partial charge < -0.3 is 24.1 Å². The van der Waals surface area contributed by atoms with Crippen LogP contribution in [-0.4, -0.2) is 51.3 Å². The fraction of sp³-hybridized carbons (Fsp3) is 0.571. The SMILES string of the molecule is CCOP(CCNC/C(C)=C/Cc1c(OC)c(C)c2c(c1OCCSI)C(=O)OC2)OF. The van der Waals surface area contributed by atoms with Crippen LogP contribution in [0.4, 0.5) is 4.53 Å². The molecule has 0 spiro atoms. The second-order valence-corrected chi connectivity index (χ2v) is 11.0. The van der Waals surface area contributed by atoms with Crippen molar-refractivity contribution in [3.63, 3.8) is 0 Å². The molecule has 0 saturated carbocycles. The number of esters is 1. The summed E-state index contributed by atoms with van der Waals surface area (Å²) in [6.07, 6.45) is 3.09. The van der Waals surface area contributed by atoms with E-state index in [1.807, 2.05) is 20.8 Å². The molecule has 0 aliphatic carbocycles. The molecule has 0 radical (unpaired) electrons. The molecule has 1 N–H and O–H groups in total. The average Bonchev–Trinajstić information content (AvgIpc) is 3.18. The van der Waals surface area contributed by atoms with E-state index in [-0.39, 0.29) is 12.6 Å². The van der Waals surface area contributed by atoms with Gasteiger partial charge in [-0.1, -0.05) is 20.6 Å². The minimum Gasteiger partial charge on any atom is -0.496 e. The molecule has 32 heavy (non-hydrogen) atoms. The Kier molecular flexibility index (Phi) is 12.6. The molecule has 7 nitrogen and oxygen atoms in total. The molecule has 1 unspecified atom stereocenters. The van der Waals surface area contributed by atoms with Crippen LogP contribution in [-0.2, 0) is 27.0 Å². The van der Waals surface area contributed by atoms with Gasteiger partial charge in [0, 0.05) is 36.1 Å². The van der Waals surface area contributed by atoms with Gasteiger partial charge in [-0.3, -0.25) is 0 Å². The van der Waals surface area contributed by atoms with E-state index in [1.165, 1.54) is 0 Å². The van der Waals surface area contributed by atoms with Gasteiger partial charge in [-0.05, 0) is 58.5 Å². The molecule has 0 fully saturated rings. The lowest BCUT2D eigenvalue weighted by Crippen LogP contribution is -2.20. The van der Waals surface area contributed by atoms with E-state index >= 15 is 0 Å². The number of cyclic esters (lactones) is 1. The van der Waals surface area contributed by atoms with E-state index in [9.17, 15) is 9.32 Å². The minimum absolute atomic E-state index is 0.236. The predicted molar refractivity (Wildman–Crippen MR) is 135 cm³/mol. The van der Waals surface area contributed by atoms with Gasteiger partial charge in [0.25, 0.3) is 0 Å². The maximum atomic E-state index is 12.4. The largest absolute Gasteiger partial charge is 0.496 e. The molecule has 180 valence electrons. The first kappa shape index (κ1) is 27.6. The molecule has 11 heteroatoms. The molecule has 1 aromatic rings. The molecular weight excluding hydrogens is 571 g/mol. The zero-order valence-electron chi connectivity index (χ0n) is 18.8. The van der Waals surface area contributed by atoms with Gasteiger partial charge in [0.1, 0.15) is 23.7 Å². The maximum absolute atomic E-state index is 12.4. The van der Waals surface area contributed by atoms with Gasteiger partial charge >= 0.3 is 5.97 Å². The summed E-state index contributed by atoms with van der Waals surface area (Å²) in [6.45, 7) is 8.12. The van der Waals surface area contributed by atoms with Crippen LogP contribution in [0.5, 0.6) is 11.5 Å². The Balaban J connectivity index is 2.16. The molecule has 0 amide bonds. The van der Waals surface area contributed by atoms with E-state index in [4.69, 9.17) is 18.7 Å². The minimum atomic E-state index is -1.49. The number of hydrogen-bond acceptors (Lipinski definition) is 8. The van der Waals surface area contributed by atoms with Crippen molar-refractivity contribution in [3.05, 3.63) is 33.9 Å². The molecule has 0 bridgehead atoms. The summed E-state index contributed by atoms with van der Waals surface area (Å²) in [5.41, 5.74) is 4.18. The van der Waals surface area contributed by atoms with Crippen molar-refractivity contribution >= 4 is 44.5 Å². The number of ether oxygens (including phenoxy) is 3. The molecule has 1 aliphatic rings. The molecule has 0 aromatic heterocycles. The van der Waals surface area contributed by atoms with Gasteiger partial charge in [0.15, 0.2) is 0 Å². The number of methoxy groups -OCH3 is 1. The third-order valence-corrected chi connectivity index (χ3v) is 7.84. The van der Waals surface area contributed by atoms with Crippen LogP contribution in [0.25, 0.3) is 0 Å². The van der Waals surface area contributed by atoms with E-state index in [0.717, 1.165) is 33.8 Å². The first-order chi connectivity index (χ1) is 15.5. The molecule has 1 aromatic carbocycles. The topological polar surface area (TPSA) is 75.2 Å². The zero-order chi connectivity index (χ0) is 23.5. The Labute approximate surface area is 206 Å². The lowest BCUT2D eigenvalue weighted by atomic mass is 9.95. The summed E-state index contributed by atoms with van der Waals surface area (Å²) >= 11 is 2.22. The van der Waals surface area contributed by atoms with Gasteiger partial charge in [-0.2, -0.15) is 0 Å². The van der Waals surface area contributed by atoms with Crippen LogP contribution in [0.1, 0.15) is 40.9 Å². The maximum Gasteiger partial charge on any atom is 0.342 e. The molecule has 1 heterocycles. The van der Waals surface area contributed by atoms with Crippen molar-refractivity contribution in [3.8, 4) is 11.5 Å². The summed E-state index contributed by atoms with van der Waals surface area (Å²) in [4.78, 5) is 12.4. The predicted octanol–water partition coefficient (Wildman–Crippen LogP) is 5.46. The molecule has 2 rings (SSSR count). The first-order valence-corrected chi connectivity index (χ1v) is 15.2. The number of halogens is 2. The molecule has 1 aliphatic heterocycles. The van der Waals surface area contributed by atoms with Crippen LogP contribution in [0.3, 0.4) is 0 Å². The number of hydrogen-bond donors (Lipinski definition) is 1. The van der Waals surface area contributed by atoms with Crippen molar-refractivity contribution in [1.82, 2.24) is 5.32 Å². The summed E-state index contributed by atoms with van der Waals surface area (Å²) < 4.78 is 38.5. The van der Waals surface area contributed by atoms with Gasteiger partial charge in [0.05, 0.1) is 20.3 Å². The van der Waals surface area contributed by atoms with Crippen LogP contribution in [0.15, 0.2) is 11.6 Å². The smallest absolute Gasteiger partial charge is 0.342 e. The fourth-order valence-electron chi connectivity index (χ4n) is 3.41. The number of fused-ring (bicyclic) bond motifs is 1. The van der Waals surface area contributed by atoms with Crippen molar-refractivity contribution in [2.45, 2.75) is 33.8 Å². The number of benzene rings is 1. The average molecular weight is 601 g/mol. The standard InChI is InChI=1S/C21H30FINO6PS/c1-5-29-31(30-22)10-8-24-12-14(2)6-7-16-19(26-4)15(3)17-13-28-21(25)18(17)20(16)27-9-11-32-23/h6,24H,5,7-13H2,1-4H3/b14-6+. The highest BCUT2D eigenvalue weighted by atomic mass is 127. The summed E-state index contributed by atoms with van der Waals surface area (Å²) in [6, 6.07) is 0. The molecule has 0 saturated heterocycles. The van der Waals surface area contributed by atoms with Crippen LogP contribution in [0, 0.1) is 6.92 Å². The third kappa shape index (κ3) is 7.43. The third-order valence-electron chi connectivity index (χ3n) is 4.91. The quantitative estimate of drug-likeness (QED) is 0.0934. The first-order valence-electron chi connectivity index (χ1n) is 10.3. The Morgan fingerprint density at radius 3 is 2.84 bits per heavy atom. The Hall–Kier alpha value is -0.650. The van der Waals surface area contributed by atoms with Gasteiger partial charge in [-0.15, -0.1) is 4.73 Å². The Morgan fingerprint density at radius 2 is 2.19 bits per heavy atom. The Bertz CT molecular complexity index is 813. The summed E-state index contributed by atoms with van der Waals surface area (Å²) in [5, 5.41) is 3.27. The molecule has 1 atom stereocenters.